The van der Waals surface area contributed by atoms with Gasteiger partial charge in [-0.15, -0.1) is 0 Å². The maximum Gasteiger partial charge on any atom is 0.340 e. The smallest absolute Gasteiger partial charge is 0.340 e. The SMILES string of the molecule is NC(=O)[C@H]1CCCCN1C(=O)COC(=O)c1c[nH]c2ccccc12. The van der Waals surface area contributed by atoms with E-state index in [0.717, 1.165) is 23.7 Å². The highest BCUT2D eigenvalue weighted by Crippen LogP contribution is 2.19. The summed E-state index contributed by atoms with van der Waals surface area (Å²) in [4.78, 5) is 40.4. The van der Waals surface area contributed by atoms with E-state index in [4.69, 9.17) is 10.5 Å². The number of amides is 2. The lowest BCUT2D eigenvalue weighted by atomic mass is 10.0. The molecule has 1 aromatic carbocycles. The van der Waals surface area contributed by atoms with Crippen LogP contribution in [0.1, 0.15) is 29.6 Å². The fourth-order valence-corrected chi connectivity index (χ4v) is 3.05. The summed E-state index contributed by atoms with van der Waals surface area (Å²) < 4.78 is 5.14. The lowest BCUT2D eigenvalue weighted by Crippen LogP contribution is -2.51. The highest BCUT2D eigenvalue weighted by Gasteiger charge is 2.31. The van der Waals surface area contributed by atoms with Crippen LogP contribution in [0.15, 0.2) is 30.5 Å². The number of hydrogen-bond donors (Lipinski definition) is 2. The second-order valence-electron chi connectivity index (χ2n) is 5.83. The van der Waals surface area contributed by atoms with Gasteiger partial charge in [0.05, 0.1) is 5.56 Å². The van der Waals surface area contributed by atoms with Crippen LogP contribution in [0, 0.1) is 0 Å². The van der Waals surface area contributed by atoms with Gasteiger partial charge in [-0.1, -0.05) is 18.2 Å². The number of rotatable bonds is 4. The Balaban J connectivity index is 1.65. The Kier molecular flexibility index (Phi) is 4.50. The molecular formula is C17H19N3O4. The summed E-state index contributed by atoms with van der Waals surface area (Å²) >= 11 is 0. The number of primary amides is 1. The average Bonchev–Trinajstić information content (AvgIpc) is 3.03. The largest absolute Gasteiger partial charge is 0.452 e. The van der Waals surface area contributed by atoms with Crippen LogP contribution >= 0.6 is 0 Å². The molecule has 1 aliphatic heterocycles. The standard InChI is InChI=1S/C17H19N3O4/c18-16(22)14-7-3-4-8-20(14)15(21)10-24-17(23)12-9-19-13-6-2-1-5-11(12)13/h1-2,5-6,9,14,19H,3-4,7-8,10H2,(H2,18,22)/t14-/m1/s1. The van der Waals surface area contributed by atoms with E-state index in [9.17, 15) is 14.4 Å². The van der Waals surface area contributed by atoms with Crippen molar-refractivity contribution in [2.24, 2.45) is 5.73 Å². The summed E-state index contributed by atoms with van der Waals surface area (Å²) in [5.74, 6) is -1.49. The number of piperidine rings is 1. The lowest BCUT2D eigenvalue weighted by Gasteiger charge is -2.33. The number of nitrogens with one attached hydrogen (secondary N) is 1. The van der Waals surface area contributed by atoms with Gasteiger partial charge in [-0.3, -0.25) is 9.59 Å². The number of para-hydroxylation sites is 1. The Bertz CT molecular complexity index is 783. The molecular weight excluding hydrogens is 310 g/mol. The molecule has 1 aliphatic rings. The molecule has 3 rings (SSSR count). The first-order valence-corrected chi connectivity index (χ1v) is 7.90. The molecule has 126 valence electrons. The number of benzene rings is 1. The second kappa shape index (κ2) is 6.74. The van der Waals surface area contributed by atoms with Crippen molar-refractivity contribution in [3.63, 3.8) is 0 Å². The van der Waals surface area contributed by atoms with Crippen LogP contribution in [-0.2, 0) is 14.3 Å². The fraction of sp³-hybridized carbons (Fsp3) is 0.353. The van der Waals surface area contributed by atoms with Gasteiger partial charge in [0.2, 0.25) is 5.91 Å². The molecule has 0 spiro atoms. The van der Waals surface area contributed by atoms with Crippen molar-refractivity contribution >= 4 is 28.7 Å². The van der Waals surface area contributed by atoms with Crippen molar-refractivity contribution in [1.29, 1.82) is 0 Å². The molecule has 2 aromatic rings. The Labute approximate surface area is 138 Å². The number of hydrogen-bond acceptors (Lipinski definition) is 4. The van der Waals surface area contributed by atoms with Gasteiger partial charge < -0.3 is 20.4 Å². The molecule has 1 atom stereocenters. The van der Waals surface area contributed by atoms with Gasteiger partial charge in [0.1, 0.15) is 6.04 Å². The molecule has 3 N–H and O–H groups in total. The predicted molar refractivity (Wildman–Crippen MR) is 87.1 cm³/mol. The van der Waals surface area contributed by atoms with E-state index in [1.807, 2.05) is 18.2 Å². The molecule has 1 aromatic heterocycles. The summed E-state index contributed by atoms with van der Waals surface area (Å²) in [6, 6.07) is 6.72. The monoisotopic (exact) mass is 329 g/mol. The molecule has 7 heteroatoms. The molecule has 1 saturated heterocycles. The maximum atomic E-state index is 12.3. The van der Waals surface area contributed by atoms with Crippen molar-refractivity contribution < 1.29 is 19.1 Å². The van der Waals surface area contributed by atoms with Gasteiger partial charge in [0.25, 0.3) is 5.91 Å². The van der Waals surface area contributed by atoms with E-state index >= 15 is 0 Å². The van der Waals surface area contributed by atoms with Crippen molar-refractivity contribution in [3.8, 4) is 0 Å². The van der Waals surface area contributed by atoms with Gasteiger partial charge >= 0.3 is 5.97 Å². The van der Waals surface area contributed by atoms with Crippen LogP contribution in [0.4, 0.5) is 0 Å². The van der Waals surface area contributed by atoms with Crippen LogP contribution < -0.4 is 5.73 Å². The number of nitrogens with zero attached hydrogens (tertiary/aromatic N) is 1. The van der Waals surface area contributed by atoms with Crippen LogP contribution in [0.25, 0.3) is 10.9 Å². The fourth-order valence-electron chi connectivity index (χ4n) is 3.05. The van der Waals surface area contributed by atoms with Gasteiger partial charge in [0.15, 0.2) is 6.61 Å². The minimum Gasteiger partial charge on any atom is -0.452 e. The molecule has 0 radical (unpaired) electrons. The normalized spacial score (nSPS) is 17.7. The minimum absolute atomic E-state index is 0.378. The topological polar surface area (TPSA) is 105 Å². The van der Waals surface area contributed by atoms with E-state index < -0.39 is 30.4 Å². The highest BCUT2D eigenvalue weighted by atomic mass is 16.5. The van der Waals surface area contributed by atoms with E-state index in [-0.39, 0.29) is 0 Å². The number of aromatic nitrogens is 1. The van der Waals surface area contributed by atoms with E-state index in [1.165, 1.54) is 4.90 Å². The van der Waals surface area contributed by atoms with E-state index in [2.05, 4.69) is 4.98 Å². The number of nitrogens with two attached hydrogens (primary N) is 1. The molecule has 0 bridgehead atoms. The van der Waals surface area contributed by atoms with Gasteiger partial charge in [-0.05, 0) is 25.3 Å². The summed E-state index contributed by atoms with van der Waals surface area (Å²) in [6.45, 7) is 0.0548. The summed E-state index contributed by atoms with van der Waals surface area (Å²) in [7, 11) is 0. The third-order valence-electron chi connectivity index (χ3n) is 4.29. The zero-order chi connectivity index (χ0) is 17.1. The molecule has 24 heavy (non-hydrogen) atoms. The molecule has 2 amide bonds. The minimum atomic E-state index is -0.613. The average molecular weight is 329 g/mol. The lowest BCUT2D eigenvalue weighted by molar-refractivity contribution is -0.143. The van der Waals surface area contributed by atoms with E-state index in [0.29, 0.717) is 18.5 Å². The number of H-pyrrole nitrogens is 1. The van der Waals surface area contributed by atoms with Gasteiger partial charge in [-0.2, -0.15) is 0 Å². The highest BCUT2D eigenvalue weighted by molar-refractivity contribution is 6.04. The molecule has 0 saturated carbocycles. The molecule has 0 unspecified atom stereocenters. The quantitative estimate of drug-likeness (QED) is 0.822. The van der Waals surface area contributed by atoms with Crippen LogP contribution in [0.3, 0.4) is 0 Å². The second-order valence-corrected chi connectivity index (χ2v) is 5.83. The van der Waals surface area contributed by atoms with E-state index in [1.54, 1.807) is 12.3 Å². The zero-order valence-corrected chi connectivity index (χ0v) is 13.2. The molecule has 1 fully saturated rings. The number of ether oxygens (including phenoxy) is 1. The Hall–Kier alpha value is -2.83. The number of carbonyl (C=O) groups excluding carboxylic acids is 3. The summed E-state index contributed by atoms with van der Waals surface area (Å²) in [6.07, 6.45) is 3.78. The van der Waals surface area contributed by atoms with Crippen LogP contribution in [0.5, 0.6) is 0 Å². The van der Waals surface area contributed by atoms with Crippen molar-refractivity contribution in [1.82, 2.24) is 9.88 Å². The van der Waals surface area contributed by atoms with Crippen molar-refractivity contribution in [3.05, 3.63) is 36.0 Å². The Morgan fingerprint density at radius 3 is 2.83 bits per heavy atom. The third kappa shape index (κ3) is 3.10. The third-order valence-corrected chi connectivity index (χ3v) is 4.29. The number of likely N-dealkylation sites (tertiary alicyclic amines) is 1. The number of fused-ring (bicyclic) bond motifs is 1. The zero-order valence-electron chi connectivity index (χ0n) is 13.2. The van der Waals surface area contributed by atoms with Crippen LogP contribution in [-0.4, -0.2) is 46.9 Å². The first kappa shape index (κ1) is 16.0. The van der Waals surface area contributed by atoms with Crippen LogP contribution in [0.2, 0.25) is 0 Å². The summed E-state index contributed by atoms with van der Waals surface area (Å²) in [5.41, 5.74) is 6.54. The van der Waals surface area contributed by atoms with Gasteiger partial charge in [0, 0.05) is 23.6 Å². The summed E-state index contributed by atoms with van der Waals surface area (Å²) in [5, 5.41) is 0.739. The Morgan fingerprint density at radius 1 is 1.25 bits per heavy atom. The molecule has 2 heterocycles. The van der Waals surface area contributed by atoms with Gasteiger partial charge in [-0.25, -0.2) is 4.79 Å². The van der Waals surface area contributed by atoms with Crippen molar-refractivity contribution in [2.45, 2.75) is 25.3 Å². The number of esters is 1. The first-order valence-electron chi connectivity index (χ1n) is 7.90. The maximum absolute atomic E-state index is 12.3. The number of carbonyl (C=O) groups is 3. The molecule has 7 nitrogen and oxygen atoms in total. The number of aromatic amines is 1. The Morgan fingerprint density at radius 2 is 2.04 bits per heavy atom. The first-order chi connectivity index (χ1) is 11.6. The molecule has 0 aliphatic carbocycles. The predicted octanol–water partition coefficient (Wildman–Crippen LogP) is 1.19. The van der Waals surface area contributed by atoms with Crippen molar-refractivity contribution in [2.75, 3.05) is 13.2 Å².